The molecule has 0 bridgehead atoms. The monoisotopic (exact) mass is 328 g/mol. The number of nitrogens with one attached hydrogen (secondary N) is 2. The molecule has 0 aliphatic carbocycles. The lowest BCUT2D eigenvalue weighted by molar-refractivity contribution is -0.173. The molecule has 1 atom stereocenters. The molecule has 3 rings (SSSR count). The predicted molar refractivity (Wildman–Crippen MR) is 79.0 cm³/mol. The molecule has 0 amide bonds. The van der Waals surface area contributed by atoms with E-state index in [4.69, 9.17) is 11.6 Å². The molecular weight excluding hydrogens is 317 g/mol. The molecule has 0 spiro atoms. The van der Waals surface area contributed by atoms with Gasteiger partial charge in [-0.25, -0.2) is 0 Å². The van der Waals surface area contributed by atoms with Gasteiger partial charge in [-0.2, -0.15) is 13.2 Å². The van der Waals surface area contributed by atoms with Gasteiger partial charge in [-0.05, 0) is 43.7 Å². The maximum atomic E-state index is 13.9. The Bertz CT molecular complexity index is 829. The number of aryl methyl sites for hydroxylation is 1. The van der Waals surface area contributed by atoms with Crippen molar-refractivity contribution >= 4 is 23.0 Å². The van der Waals surface area contributed by atoms with Gasteiger partial charge in [0.1, 0.15) is 11.1 Å². The number of aromatic amines is 1. The van der Waals surface area contributed by atoms with Crippen LogP contribution in [0, 0.1) is 6.92 Å². The summed E-state index contributed by atoms with van der Waals surface area (Å²) in [5.41, 5.74) is -2.47. The van der Waals surface area contributed by atoms with E-state index < -0.39 is 17.2 Å². The minimum absolute atomic E-state index is 0.00463. The second-order valence-electron chi connectivity index (χ2n) is 5.51. The minimum atomic E-state index is -4.58. The lowest BCUT2D eigenvalue weighted by atomic mass is 9.72. The zero-order valence-corrected chi connectivity index (χ0v) is 12.5. The van der Waals surface area contributed by atoms with E-state index in [1.807, 2.05) is 0 Å². The van der Waals surface area contributed by atoms with Crippen LogP contribution in [-0.4, -0.2) is 11.2 Å². The number of fused-ring (bicyclic) bond motifs is 2. The third-order valence-electron chi connectivity index (χ3n) is 4.05. The average molecular weight is 329 g/mol. The maximum Gasteiger partial charge on any atom is 0.402 e. The van der Waals surface area contributed by atoms with Gasteiger partial charge in [-0.15, -0.1) is 0 Å². The molecule has 116 valence electrons. The fraction of sp³-hybridized carbons (Fsp3) is 0.267. The van der Waals surface area contributed by atoms with E-state index in [9.17, 15) is 18.0 Å². The number of H-pyrrole nitrogens is 1. The minimum Gasteiger partial charge on any atom is -0.351 e. The van der Waals surface area contributed by atoms with E-state index in [2.05, 4.69) is 10.3 Å². The van der Waals surface area contributed by atoms with Crippen LogP contribution in [0.25, 0.3) is 0 Å². The van der Waals surface area contributed by atoms with Crippen molar-refractivity contribution in [3.05, 3.63) is 56.5 Å². The summed E-state index contributed by atoms with van der Waals surface area (Å²) in [4.78, 5) is 14.6. The molecule has 1 aromatic heterocycles. The molecule has 0 saturated carbocycles. The summed E-state index contributed by atoms with van der Waals surface area (Å²) in [5, 5.41) is 3.00. The largest absolute Gasteiger partial charge is 0.402 e. The van der Waals surface area contributed by atoms with Crippen molar-refractivity contribution in [3.8, 4) is 0 Å². The van der Waals surface area contributed by atoms with Crippen LogP contribution in [-0.2, 0) is 5.41 Å². The highest BCUT2D eigenvalue weighted by Crippen LogP contribution is 2.53. The van der Waals surface area contributed by atoms with Gasteiger partial charge in [0.15, 0.2) is 0 Å². The third-order valence-corrected chi connectivity index (χ3v) is 4.29. The van der Waals surface area contributed by atoms with Crippen LogP contribution in [0.3, 0.4) is 0 Å². The summed E-state index contributed by atoms with van der Waals surface area (Å²) in [5.74, 6) is 0. The number of anilines is 2. The lowest BCUT2D eigenvalue weighted by Gasteiger charge is -2.39. The molecule has 0 radical (unpaired) electrons. The summed E-state index contributed by atoms with van der Waals surface area (Å²) in [6.07, 6.45) is -4.58. The number of pyridine rings is 1. The van der Waals surface area contributed by atoms with Gasteiger partial charge in [0.2, 0.25) is 0 Å². The zero-order chi connectivity index (χ0) is 16.3. The van der Waals surface area contributed by atoms with Crippen molar-refractivity contribution in [2.75, 3.05) is 5.32 Å². The first-order valence-corrected chi connectivity index (χ1v) is 6.90. The average Bonchev–Trinajstić information content (AvgIpc) is 2.40. The number of hydrogen-bond acceptors (Lipinski definition) is 2. The van der Waals surface area contributed by atoms with E-state index in [1.54, 1.807) is 6.92 Å². The Balaban J connectivity index is 2.43. The molecule has 1 unspecified atom stereocenters. The van der Waals surface area contributed by atoms with E-state index in [0.29, 0.717) is 5.69 Å². The van der Waals surface area contributed by atoms with Gasteiger partial charge >= 0.3 is 6.18 Å². The van der Waals surface area contributed by atoms with Crippen LogP contribution in [0.1, 0.15) is 23.7 Å². The molecule has 2 N–H and O–H groups in total. The van der Waals surface area contributed by atoms with E-state index in [1.165, 1.54) is 24.3 Å². The summed E-state index contributed by atoms with van der Waals surface area (Å²) < 4.78 is 41.7. The van der Waals surface area contributed by atoms with Crippen LogP contribution >= 0.6 is 11.6 Å². The first-order valence-electron chi connectivity index (χ1n) is 6.53. The highest BCUT2D eigenvalue weighted by Gasteiger charge is 2.57. The lowest BCUT2D eigenvalue weighted by Crippen LogP contribution is -2.44. The molecule has 1 aliphatic rings. The molecule has 2 heterocycles. The van der Waals surface area contributed by atoms with Crippen molar-refractivity contribution in [2.24, 2.45) is 0 Å². The number of alkyl halides is 3. The number of hydrogen-bond donors (Lipinski definition) is 2. The third kappa shape index (κ3) is 1.94. The van der Waals surface area contributed by atoms with Gasteiger partial charge < -0.3 is 10.3 Å². The molecular formula is C15H12ClF3N2O. The van der Waals surface area contributed by atoms with Crippen molar-refractivity contribution in [2.45, 2.75) is 25.4 Å². The van der Waals surface area contributed by atoms with Crippen LogP contribution in [0.4, 0.5) is 24.5 Å². The van der Waals surface area contributed by atoms with E-state index >= 15 is 0 Å². The van der Waals surface area contributed by atoms with Gasteiger partial charge in [0, 0.05) is 22.0 Å². The summed E-state index contributed by atoms with van der Waals surface area (Å²) in [7, 11) is 0. The van der Waals surface area contributed by atoms with Gasteiger partial charge in [0.25, 0.3) is 5.56 Å². The molecule has 0 saturated heterocycles. The second-order valence-corrected chi connectivity index (χ2v) is 5.94. The quantitative estimate of drug-likeness (QED) is 0.759. The predicted octanol–water partition coefficient (Wildman–Crippen LogP) is 4.26. The van der Waals surface area contributed by atoms with Gasteiger partial charge in [-0.3, -0.25) is 4.79 Å². The number of rotatable bonds is 0. The van der Waals surface area contributed by atoms with Crippen LogP contribution in [0.15, 0.2) is 29.1 Å². The molecule has 2 aromatic rings. The summed E-state index contributed by atoms with van der Waals surface area (Å²) in [6.45, 7) is 2.62. The topological polar surface area (TPSA) is 44.9 Å². The Morgan fingerprint density at radius 3 is 2.50 bits per heavy atom. The highest BCUT2D eigenvalue weighted by atomic mass is 35.5. The Labute approximate surface area is 129 Å². The Morgan fingerprint density at radius 2 is 1.86 bits per heavy atom. The van der Waals surface area contributed by atoms with Crippen molar-refractivity contribution < 1.29 is 13.2 Å². The standard InChI is InChI=1S/C15H12ClF3N2O/c1-7-5-10-12(13(22)20-7)21-11-4-3-8(16)6-9(11)14(10,2)15(17,18)19/h3-6,21H,1-2H3,(H,20,22). The number of aromatic nitrogens is 1. The SMILES string of the molecule is Cc1cc2c(c(=O)[nH]1)Nc1ccc(Cl)cc1C2(C)C(F)(F)F. The van der Waals surface area contributed by atoms with E-state index in [-0.39, 0.29) is 27.5 Å². The smallest absolute Gasteiger partial charge is 0.351 e. The second kappa shape index (κ2) is 4.52. The maximum absolute atomic E-state index is 13.9. The Morgan fingerprint density at radius 1 is 1.18 bits per heavy atom. The Hall–Kier alpha value is -1.95. The first kappa shape index (κ1) is 15.0. The summed E-state index contributed by atoms with van der Waals surface area (Å²) >= 11 is 5.88. The van der Waals surface area contributed by atoms with Crippen molar-refractivity contribution in [3.63, 3.8) is 0 Å². The molecule has 1 aromatic carbocycles. The Kier molecular flexibility index (Phi) is 3.08. The van der Waals surface area contributed by atoms with Crippen molar-refractivity contribution in [1.82, 2.24) is 4.98 Å². The molecule has 0 fully saturated rings. The highest BCUT2D eigenvalue weighted by molar-refractivity contribution is 6.30. The molecule has 22 heavy (non-hydrogen) atoms. The number of halogens is 4. The molecule has 1 aliphatic heterocycles. The fourth-order valence-corrected chi connectivity index (χ4v) is 3.00. The van der Waals surface area contributed by atoms with Crippen LogP contribution in [0.5, 0.6) is 0 Å². The molecule has 7 heteroatoms. The summed E-state index contributed by atoms with van der Waals surface area (Å²) in [6, 6.07) is 5.57. The first-order chi connectivity index (χ1) is 10.1. The fourth-order valence-electron chi connectivity index (χ4n) is 2.83. The normalized spacial score (nSPS) is 20.1. The van der Waals surface area contributed by atoms with E-state index in [0.717, 1.165) is 6.92 Å². The van der Waals surface area contributed by atoms with Crippen LogP contribution < -0.4 is 10.9 Å². The zero-order valence-electron chi connectivity index (χ0n) is 11.7. The van der Waals surface area contributed by atoms with Crippen LogP contribution in [0.2, 0.25) is 5.02 Å². The number of benzene rings is 1. The van der Waals surface area contributed by atoms with Gasteiger partial charge in [-0.1, -0.05) is 11.6 Å². The molecule has 3 nitrogen and oxygen atoms in total. The van der Waals surface area contributed by atoms with Gasteiger partial charge in [0.05, 0.1) is 0 Å². The van der Waals surface area contributed by atoms with Crippen molar-refractivity contribution in [1.29, 1.82) is 0 Å².